The number of ether oxygens (including phenoxy) is 2. The van der Waals surface area contributed by atoms with Gasteiger partial charge in [0.05, 0.1) is 5.02 Å². The van der Waals surface area contributed by atoms with Gasteiger partial charge in [-0.25, -0.2) is 0 Å². The predicted octanol–water partition coefficient (Wildman–Crippen LogP) is 6.25. The van der Waals surface area contributed by atoms with Crippen molar-refractivity contribution in [2.75, 3.05) is 6.61 Å². The van der Waals surface area contributed by atoms with E-state index in [-0.39, 0.29) is 16.8 Å². The zero-order valence-corrected chi connectivity index (χ0v) is 15.1. The summed E-state index contributed by atoms with van der Waals surface area (Å²) < 4.78 is 47.1. The third kappa shape index (κ3) is 5.05. The molecule has 3 aromatic rings. The molecule has 0 saturated carbocycles. The summed E-state index contributed by atoms with van der Waals surface area (Å²) in [5.74, 6) is 0.922. The molecule has 0 aliphatic rings. The van der Waals surface area contributed by atoms with E-state index >= 15 is 0 Å². The van der Waals surface area contributed by atoms with Gasteiger partial charge in [-0.3, -0.25) is 0 Å². The first kappa shape index (κ1) is 19.3. The van der Waals surface area contributed by atoms with Crippen LogP contribution in [0.2, 0.25) is 5.02 Å². The first-order valence-electron chi connectivity index (χ1n) is 8.17. The molecule has 0 spiro atoms. The molecule has 0 bridgehead atoms. The molecule has 0 heterocycles. The summed E-state index contributed by atoms with van der Waals surface area (Å²) in [5, 5.41) is 2.05. The van der Waals surface area contributed by atoms with Crippen LogP contribution in [0.15, 0.2) is 54.6 Å². The van der Waals surface area contributed by atoms with Crippen LogP contribution < -0.4 is 15.2 Å². The predicted molar refractivity (Wildman–Crippen MR) is 99.6 cm³/mol. The molecule has 1 atom stereocenters. The molecule has 0 fully saturated rings. The lowest BCUT2D eigenvalue weighted by Crippen LogP contribution is -2.19. The fourth-order valence-electron chi connectivity index (χ4n) is 2.55. The van der Waals surface area contributed by atoms with Crippen LogP contribution in [0.25, 0.3) is 10.8 Å². The van der Waals surface area contributed by atoms with Gasteiger partial charge in [-0.1, -0.05) is 29.8 Å². The van der Waals surface area contributed by atoms with Crippen LogP contribution in [0.3, 0.4) is 0 Å². The molecule has 3 aromatic carbocycles. The van der Waals surface area contributed by atoms with Crippen LogP contribution in [0.4, 0.5) is 13.2 Å². The van der Waals surface area contributed by atoms with Crippen LogP contribution in [0, 0.1) is 0 Å². The molecule has 0 radical (unpaired) electrons. The van der Waals surface area contributed by atoms with Gasteiger partial charge >= 0.3 is 6.18 Å². The highest BCUT2D eigenvalue weighted by Crippen LogP contribution is 2.33. The second-order valence-electron chi connectivity index (χ2n) is 6.16. The van der Waals surface area contributed by atoms with Gasteiger partial charge in [0.1, 0.15) is 17.2 Å². The molecule has 2 N–H and O–H groups in total. The summed E-state index contributed by atoms with van der Waals surface area (Å²) in [4.78, 5) is 0. The molecule has 7 heteroatoms. The fraction of sp³-hybridized carbons (Fsp3) is 0.200. The van der Waals surface area contributed by atoms with Crippen molar-refractivity contribution in [1.82, 2.24) is 0 Å². The summed E-state index contributed by atoms with van der Waals surface area (Å²) in [5.41, 5.74) is 6.94. The fourth-order valence-corrected chi connectivity index (χ4v) is 2.77. The van der Waals surface area contributed by atoms with Crippen LogP contribution in [0.1, 0.15) is 18.5 Å². The molecule has 27 heavy (non-hydrogen) atoms. The highest BCUT2D eigenvalue weighted by molar-refractivity contribution is 6.32. The maximum Gasteiger partial charge on any atom is 0.422 e. The average molecular weight is 396 g/mol. The lowest BCUT2D eigenvalue weighted by Gasteiger charge is -2.12. The van der Waals surface area contributed by atoms with Crippen molar-refractivity contribution in [3.05, 3.63) is 65.2 Å². The van der Waals surface area contributed by atoms with E-state index in [1.807, 2.05) is 37.3 Å². The Morgan fingerprint density at radius 2 is 1.59 bits per heavy atom. The van der Waals surface area contributed by atoms with Crippen LogP contribution in [0.5, 0.6) is 17.2 Å². The van der Waals surface area contributed by atoms with Gasteiger partial charge in [-0.2, -0.15) is 13.2 Å². The normalized spacial score (nSPS) is 12.8. The third-order valence-corrected chi connectivity index (χ3v) is 4.19. The van der Waals surface area contributed by atoms with E-state index < -0.39 is 12.8 Å². The van der Waals surface area contributed by atoms with Crippen molar-refractivity contribution >= 4 is 22.4 Å². The Kier molecular flexibility index (Phi) is 5.48. The molecule has 142 valence electrons. The van der Waals surface area contributed by atoms with Crippen molar-refractivity contribution in [3.8, 4) is 17.2 Å². The van der Waals surface area contributed by atoms with Gasteiger partial charge in [-0.15, -0.1) is 0 Å². The van der Waals surface area contributed by atoms with Gasteiger partial charge < -0.3 is 15.2 Å². The number of rotatable bonds is 5. The number of hydrogen-bond donors (Lipinski definition) is 1. The molecule has 0 saturated heterocycles. The minimum atomic E-state index is -4.43. The molecule has 0 amide bonds. The second-order valence-corrected chi connectivity index (χ2v) is 6.56. The Bertz CT molecular complexity index is 958. The van der Waals surface area contributed by atoms with E-state index in [2.05, 4.69) is 4.74 Å². The molecule has 0 aliphatic carbocycles. The van der Waals surface area contributed by atoms with E-state index in [1.54, 1.807) is 6.07 Å². The van der Waals surface area contributed by atoms with E-state index in [1.165, 1.54) is 18.2 Å². The Balaban J connectivity index is 1.76. The van der Waals surface area contributed by atoms with Crippen molar-refractivity contribution in [2.24, 2.45) is 5.73 Å². The van der Waals surface area contributed by atoms with Crippen molar-refractivity contribution in [3.63, 3.8) is 0 Å². The van der Waals surface area contributed by atoms with Crippen molar-refractivity contribution in [1.29, 1.82) is 0 Å². The Hall–Kier alpha value is -2.44. The average Bonchev–Trinajstić information content (AvgIpc) is 2.59. The smallest absolute Gasteiger partial charge is 0.422 e. The highest BCUT2D eigenvalue weighted by atomic mass is 35.5. The quantitative estimate of drug-likeness (QED) is 0.555. The Morgan fingerprint density at radius 1 is 0.963 bits per heavy atom. The van der Waals surface area contributed by atoms with Gasteiger partial charge in [0, 0.05) is 12.1 Å². The van der Waals surface area contributed by atoms with Crippen LogP contribution in [-0.4, -0.2) is 12.8 Å². The maximum atomic E-state index is 12.2. The number of benzene rings is 3. The Morgan fingerprint density at radius 3 is 2.26 bits per heavy atom. The van der Waals surface area contributed by atoms with Crippen LogP contribution >= 0.6 is 11.6 Å². The lowest BCUT2D eigenvalue weighted by molar-refractivity contribution is -0.153. The Labute approximate surface area is 159 Å². The minimum absolute atomic E-state index is 0.0408. The summed E-state index contributed by atoms with van der Waals surface area (Å²) in [6.07, 6.45) is -4.43. The van der Waals surface area contributed by atoms with Gasteiger partial charge in [0.2, 0.25) is 0 Å². The van der Waals surface area contributed by atoms with Crippen LogP contribution in [-0.2, 0) is 0 Å². The molecule has 3 rings (SSSR count). The maximum absolute atomic E-state index is 12.2. The third-order valence-electron chi connectivity index (χ3n) is 3.89. The lowest BCUT2D eigenvalue weighted by atomic mass is 10.0. The SMILES string of the molecule is CC(N)c1ccc2cc(Oc3ccc(OCC(F)(F)F)c(Cl)c3)ccc2c1. The monoisotopic (exact) mass is 395 g/mol. The standard InChI is InChI=1S/C20H17ClF3NO2/c1-12(25)13-2-3-15-9-16(5-4-14(15)8-13)27-17-6-7-19(18(21)10-17)26-11-20(22,23)24/h2-10,12H,11,25H2,1H3. The summed E-state index contributed by atoms with van der Waals surface area (Å²) in [7, 11) is 0. The molecular formula is C20H17ClF3NO2. The summed E-state index contributed by atoms with van der Waals surface area (Å²) in [6, 6.07) is 15.7. The van der Waals surface area contributed by atoms with E-state index in [0.717, 1.165) is 16.3 Å². The first-order chi connectivity index (χ1) is 12.7. The summed E-state index contributed by atoms with van der Waals surface area (Å²) in [6.45, 7) is 0.519. The molecular weight excluding hydrogens is 379 g/mol. The second kappa shape index (κ2) is 7.66. The minimum Gasteiger partial charge on any atom is -0.483 e. The van der Waals surface area contributed by atoms with E-state index in [4.69, 9.17) is 22.1 Å². The first-order valence-corrected chi connectivity index (χ1v) is 8.55. The molecule has 3 nitrogen and oxygen atoms in total. The summed E-state index contributed by atoms with van der Waals surface area (Å²) >= 11 is 5.98. The molecule has 0 aliphatic heterocycles. The van der Waals surface area contributed by atoms with Crippen molar-refractivity contribution in [2.45, 2.75) is 19.1 Å². The topological polar surface area (TPSA) is 44.5 Å². The van der Waals surface area contributed by atoms with Gasteiger partial charge in [0.15, 0.2) is 6.61 Å². The van der Waals surface area contributed by atoms with Gasteiger partial charge in [-0.05, 0) is 53.6 Å². The largest absolute Gasteiger partial charge is 0.483 e. The van der Waals surface area contributed by atoms with E-state index in [9.17, 15) is 13.2 Å². The molecule has 0 aromatic heterocycles. The number of alkyl halides is 3. The zero-order chi connectivity index (χ0) is 19.6. The number of halogens is 4. The number of hydrogen-bond acceptors (Lipinski definition) is 3. The van der Waals surface area contributed by atoms with Gasteiger partial charge in [0.25, 0.3) is 0 Å². The highest BCUT2D eigenvalue weighted by Gasteiger charge is 2.28. The number of fused-ring (bicyclic) bond motifs is 1. The van der Waals surface area contributed by atoms with E-state index in [0.29, 0.717) is 11.5 Å². The number of nitrogens with two attached hydrogens (primary N) is 1. The zero-order valence-electron chi connectivity index (χ0n) is 14.4. The molecule has 1 unspecified atom stereocenters. The van der Waals surface area contributed by atoms with Crippen molar-refractivity contribution < 1.29 is 22.6 Å².